The second kappa shape index (κ2) is 7.10. The maximum Gasteiger partial charge on any atom is 0.230 e. The smallest absolute Gasteiger partial charge is 0.230 e. The first kappa shape index (κ1) is 15.9. The van der Waals surface area contributed by atoms with Crippen molar-refractivity contribution in [1.29, 1.82) is 0 Å². The average Bonchev–Trinajstić information content (AvgIpc) is 3.19. The predicted octanol–water partition coefficient (Wildman–Crippen LogP) is 3.07. The summed E-state index contributed by atoms with van der Waals surface area (Å²) in [6, 6.07) is 10.8. The largest absolute Gasteiger partial charge is 0.326 e. The summed E-state index contributed by atoms with van der Waals surface area (Å²) < 4.78 is 1.91. The fraction of sp³-hybridized carbons (Fsp3) is 0.118. The first-order chi connectivity index (χ1) is 11.6. The van der Waals surface area contributed by atoms with Crippen LogP contribution in [0.3, 0.4) is 0 Å². The highest BCUT2D eigenvalue weighted by atomic mass is 32.1. The van der Waals surface area contributed by atoms with Crippen LogP contribution in [-0.2, 0) is 16.0 Å². The van der Waals surface area contributed by atoms with E-state index >= 15 is 0 Å². The van der Waals surface area contributed by atoms with Gasteiger partial charge in [0.15, 0.2) is 5.13 Å². The van der Waals surface area contributed by atoms with Gasteiger partial charge >= 0.3 is 0 Å². The van der Waals surface area contributed by atoms with Crippen LogP contribution in [0.1, 0.15) is 12.6 Å². The summed E-state index contributed by atoms with van der Waals surface area (Å²) in [5.41, 5.74) is 2.10. The number of benzene rings is 1. The second-order valence-electron chi connectivity index (χ2n) is 5.20. The van der Waals surface area contributed by atoms with Crippen molar-refractivity contribution in [3.8, 4) is 5.13 Å². The van der Waals surface area contributed by atoms with Crippen LogP contribution >= 0.6 is 11.3 Å². The van der Waals surface area contributed by atoms with Crippen molar-refractivity contribution in [2.45, 2.75) is 13.3 Å². The van der Waals surface area contributed by atoms with Crippen LogP contribution < -0.4 is 10.6 Å². The molecule has 0 saturated heterocycles. The molecule has 2 N–H and O–H groups in total. The molecule has 0 aliphatic carbocycles. The second-order valence-corrected chi connectivity index (χ2v) is 6.03. The van der Waals surface area contributed by atoms with Gasteiger partial charge in [0.05, 0.1) is 12.1 Å². The number of anilines is 2. The number of carbonyl (C=O) groups is 2. The third-order valence-electron chi connectivity index (χ3n) is 3.20. The van der Waals surface area contributed by atoms with Gasteiger partial charge in [0.25, 0.3) is 0 Å². The van der Waals surface area contributed by atoms with Gasteiger partial charge < -0.3 is 15.2 Å². The number of carbonyl (C=O) groups excluding carboxylic acids is 2. The Hall–Kier alpha value is -2.93. The fourth-order valence-electron chi connectivity index (χ4n) is 2.17. The topological polar surface area (TPSA) is 76.0 Å². The maximum absolute atomic E-state index is 12.1. The van der Waals surface area contributed by atoms with E-state index in [9.17, 15) is 9.59 Å². The quantitative estimate of drug-likeness (QED) is 0.749. The van der Waals surface area contributed by atoms with Gasteiger partial charge in [-0.05, 0) is 36.4 Å². The van der Waals surface area contributed by atoms with Crippen LogP contribution in [-0.4, -0.2) is 21.4 Å². The van der Waals surface area contributed by atoms with E-state index in [0.717, 1.165) is 10.8 Å². The van der Waals surface area contributed by atoms with Crippen LogP contribution in [0.2, 0.25) is 0 Å². The zero-order chi connectivity index (χ0) is 16.9. The fourth-order valence-corrected chi connectivity index (χ4v) is 2.96. The van der Waals surface area contributed by atoms with Crippen molar-refractivity contribution in [3.63, 3.8) is 0 Å². The summed E-state index contributed by atoms with van der Waals surface area (Å²) >= 11 is 1.49. The van der Waals surface area contributed by atoms with Crippen LogP contribution in [0, 0.1) is 0 Å². The molecular weight excluding hydrogens is 324 g/mol. The van der Waals surface area contributed by atoms with Gasteiger partial charge in [0.2, 0.25) is 11.8 Å². The molecule has 3 rings (SSSR count). The minimum absolute atomic E-state index is 0.131. The van der Waals surface area contributed by atoms with Gasteiger partial charge in [-0.3, -0.25) is 9.59 Å². The number of thiazole rings is 1. The molecule has 0 aliphatic heterocycles. The van der Waals surface area contributed by atoms with E-state index in [1.165, 1.54) is 18.3 Å². The molecule has 122 valence electrons. The standard InChI is InChI=1S/C17H16N4O2S/c1-12(22)18-13-4-6-14(7-5-13)19-16(23)10-15-11-24-17(20-15)21-8-2-3-9-21/h2-9,11H,10H2,1H3,(H,18,22)(H,19,23). The van der Waals surface area contributed by atoms with Crippen LogP contribution in [0.4, 0.5) is 11.4 Å². The van der Waals surface area contributed by atoms with E-state index in [1.807, 2.05) is 34.5 Å². The molecule has 24 heavy (non-hydrogen) atoms. The average molecular weight is 340 g/mol. The van der Waals surface area contributed by atoms with Gasteiger partial charge in [0, 0.05) is 36.1 Å². The van der Waals surface area contributed by atoms with Crippen molar-refractivity contribution in [1.82, 2.24) is 9.55 Å². The highest BCUT2D eigenvalue weighted by molar-refractivity contribution is 7.12. The van der Waals surface area contributed by atoms with E-state index in [0.29, 0.717) is 11.4 Å². The van der Waals surface area contributed by atoms with Gasteiger partial charge in [-0.1, -0.05) is 0 Å². The van der Waals surface area contributed by atoms with Crippen molar-refractivity contribution < 1.29 is 9.59 Å². The zero-order valence-corrected chi connectivity index (χ0v) is 13.8. The van der Waals surface area contributed by atoms with Gasteiger partial charge in [0.1, 0.15) is 0 Å². The highest BCUT2D eigenvalue weighted by Crippen LogP contribution is 2.17. The van der Waals surface area contributed by atoms with Crippen molar-refractivity contribution in [2.24, 2.45) is 0 Å². The molecule has 6 nitrogen and oxygen atoms in total. The number of rotatable bonds is 5. The van der Waals surface area contributed by atoms with E-state index in [2.05, 4.69) is 15.6 Å². The molecule has 3 aromatic rings. The lowest BCUT2D eigenvalue weighted by Gasteiger charge is -2.06. The van der Waals surface area contributed by atoms with Gasteiger partial charge in [-0.15, -0.1) is 11.3 Å². The first-order valence-electron chi connectivity index (χ1n) is 7.35. The van der Waals surface area contributed by atoms with Crippen LogP contribution in [0.15, 0.2) is 54.2 Å². The summed E-state index contributed by atoms with van der Waals surface area (Å²) in [5, 5.41) is 8.22. The first-order valence-corrected chi connectivity index (χ1v) is 8.23. The van der Waals surface area contributed by atoms with E-state index in [1.54, 1.807) is 24.3 Å². The van der Waals surface area contributed by atoms with Crippen molar-refractivity contribution in [2.75, 3.05) is 10.6 Å². The summed E-state index contributed by atoms with van der Waals surface area (Å²) in [4.78, 5) is 27.5. The monoisotopic (exact) mass is 340 g/mol. The minimum Gasteiger partial charge on any atom is -0.326 e. The Kier molecular flexibility index (Phi) is 4.72. The Morgan fingerprint density at radius 1 is 1.08 bits per heavy atom. The Bertz CT molecular complexity index is 838. The summed E-state index contributed by atoms with van der Waals surface area (Å²) in [7, 11) is 0. The summed E-state index contributed by atoms with van der Waals surface area (Å²) in [6.07, 6.45) is 4.05. The van der Waals surface area contributed by atoms with Gasteiger partial charge in [-0.2, -0.15) is 0 Å². The lowest BCUT2D eigenvalue weighted by Crippen LogP contribution is -2.14. The van der Waals surface area contributed by atoms with Crippen LogP contribution in [0.25, 0.3) is 5.13 Å². The SMILES string of the molecule is CC(=O)Nc1ccc(NC(=O)Cc2csc(-n3cccc3)n2)cc1. The zero-order valence-electron chi connectivity index (χ0n) is 13.0. The summed E-state index contributed by atoms with van der Waals surface area (Å²) in [6.45, 7) is 1.45. The lowest BCUT2D eigenvalue weighted by atomic mass is 10.2. The molecule has 0 fully saturated rings. The number of amides is 2. The molecule has 0 bridgehead atoms. The maximum atomic E-state index is 12.1. The number of nitrogens with one attached hydrogen (secondary N) is 2. The predicted molar refractivity (Wildman–Crippen MR) is 94.5 cm³/mol. The molecule has 0 unspecified atom stereocenters. The molecule has 2 heterocycles. The molecule has 0 radical (unpaired) electrons. The molecule has 0 atom stereocenters. The molecular formula is C17H16N4O2S. The third kappa shape index (κ3) is 4.08. The Morgan fingerprint density at radius 2 is 1.71 bits per heavy atom. The van der Waals surface area contributed by atoms with Crippen molar-refractivity contribution in [3.05, 3.63) is 59.9 Å². The number of aromatic nitrogens is 2. The lowest BCUT2D eigenvalue weighted by molar-refractivity contribution is -0.116. The molecule has 2 amide bonds. The Labute approximate surface area is 143 Å². The molecule has 7 heteroatoms. The van der Waals surface area contributed by atoms with Crippen molar-refractivity contribution >= 4 is 34.5 Å². The number of nitrogens with zero attached hydrogens (tertiary/aromatic N) is 2. The highest BCUT2D eigenvalue weighted by Gasteiger charge is 2.09. The molecule has 0 aliphatic rings. The molecule has 2 aromatic heterocycles. The molecule has 0 saturated carbocycles. The number of hydrogen-bond donors (Lipinski definition) is 2. The van der Waals surface area contributed by atoms with E-state index < -0.39 is 0 Å². The van der Waals surface area contributed by atoms with Gasteiger partial charge in [-0.25, -0.2) is 4.98 Å². The normalized spacial score (nSPS) is 10.4. The molecule has 1 aromatic carbocycles. The minimum atomic E-state index is -0.133. The molecule has 0 spiro atoms. The third-order valence-corrected chi connectivity index (χ3v) is 4.10. The van der Waals surface area contributed by atoms with E-state index in [4.69, 9.17) is 0 Å². The number of hydrogen-bond acceptors (Lipinski definition) is 4. The summed E-state index contributed by atoms with van der Waals surface area (Å²) in [5.74, 6) is -0.263. The Morgan fingerprint density at radius 3 is 2.33 bits per heavy atom. The Balaban J connectivity index is 1.58. The van der Waals surface area contributed by atoms with E-state index in [-0.39, 0.29) is 18.2 Å². The van der Waals surface area contributed by atoms with Crippen LogP contribution in [0.5, 0.6) is 0 Å².